The van der Waals surface area contributed by atoms with Gasteiger partial charge in [-0.1, -0.05) is 63.6 Å². The number of fused-ring (bicyclic) bond motifs is 1. The number of halogens is 2. The maximum absolute atomic E-state index is 6.00. The third-order valence-corrected chi connectivity index (χ3v) is 5.79. The number of aromatic nitrogens is 3. The van der Waals surface area contributed by atoms with E-state index in [0.717, 1.165) is 31.8 Å². The Bertz CT molecular complexity index is 935. The second-order valence-electron chi connectivity index (χ2n) is 5.77. The Labute approximate surface area is 163 Å². The van der Waals surface area contributed by atoms with Crippen LogP contribution >= 0.6 is 39.3 Å². The van der Waals surface area contributed by atoms with E-state index in [1.54, 1.807) is 11.8 Å². The summed E-state index contributed by atoms with van der Waals surface area (Å²) in [5.74, 6) is 0.836. The van der Waals surface area contributed by atoms with Gasteiger partial charge in [0.05, 0.1) is 11.0 Å². The smallest absolute Gasteiger partial charge is 0.191 e. The first kappa shape index (κ1) is 16.8. The molecule has 1 aliphatic heterocycles. The topological polar surface area (TPSA) is 43.1 Å². The highest BCUT2D eigenvalue weighted by Crippen LogP contribution is 2.30. The molecule has 4 rings (SSSR count). The first-order valence-corrected chi connectivity index (χ1v) is 9.85. The van der Waals surface area contributed by atoms with Gasteiger partial charge in [-0.25, -0.2) is 0 Å². The van der Waals surface area contributed by atoms with E-state index in [2.05, 4.69) is 45.2 Å². The molecule has 0 saturated heterocycles. The molecule has 4 nitrogen and oxygen atoms in total. The van der Waals surface area contributed by atoms with E-state index in [4.69, 9.17) is 16.7 Å². The summed E-state index contributed by atoms with van der Waals surface area (Å²) in [5.41, 5.74) is 3.25. The molecule has 1 aliphatic rings. The Morgan fingerprint density at radius 3 is 2.52 bits per heavy atom. The molecule has 0 saturated carbocycles. The molecule has 0 amide bonds. The zero-order valence-corrected chi connectivity index (χ0v) is 16.5. The average Bonchev–Trinajstić information content (AvgIpc) is 2.99. The van der Waals surface area contributed by atoms with Crippen LogP contribution in [0.5, 0.6) is 0 Å². The van der Waals surface area contributed by atoms with Crippen LogP contribution in [0.25, 0.3) is 0 Å². The fraction of sp³-hybridized carbons (Fsp3) is 0.167. The fourth-order valence-corrected chi connectivity index (χ4v) is 4.02. The van der Waals surface area contributed by atoms with Crippen molar-refractivity contribution in [3.63, 3.8) is 0 Å². The standard InChI is InChI=1S/C18H14BrClN4S/c1-11-17(13-4-8-15(20)9-5-13)23-24-16(21-22-18(24)25-11)10-12-2-6-14(19)7-3-12/h2-9,11H,10H2,1H3. The van der Waals surface area contributed by atoms with E-state index in [0.29, 0.717) is 6.42 Å². The summed E-state index contributed by atoms with van der Waals surface area (Å²) in [5, 5.41) is 15.2. The Balaban J connectivity index is 1.70. The van der Waals surface area contributed by atoms with Gasteiger partial charge in [0.1, 0.15) is 0 Å². The minimum Gasteiger partial charge on any atom is -0.191 e. The van der Waals surface area contributed by atoms with Crippen LogP contribution in [0.3, 0.4) is 0 Å². The lowest BCUT2D eigenvalue weighted by Gasteiger charge is -2.20. The number of thioether (sulfide) groups is 1. The summed E-state index contributed by atoms with van der Waals surface area (Å²) >= 11 is 11.1. The van der Waals surface area contributed by atoms with Crippen LogP contribution < -0.4 is 0 Å². The molecule has 1 atom stereocenters. The van der Waals surface area contributed by atoms with Crippen molar-refractivity contribution in [1.29, 1.82) is 0 Å². The summed E-state index contributed by atoms with van der Waals surface area (Å²) in [6.07, 6.45) is 0.687. The van der Waals surface area contributed by atoms with E-state index in [1.807, 2.05) is 41.1 Å². The first-order valence-electron chi connectivity index (χ1n) is 7.80. The zero-order valence-electron chi connectivity index (χ0n) is 13.4. The van der Waals surface area contributed by atoms with Crippen molar-refractivity contribution in [1.82, 2.24) is 14.9 Å². The van der Waals surface area contributed by atoms with E-state index < -0.39 is 0 Å². The number of hydrogen-bond acceptors (Lipinski definition) is 4. The number of hydrogen-bond donors (Lipinski definition) is 0. The molecule has 7 heteroatoms. The molecule has 0 aliphatic carbocycles. The van der Waals surface area contributed by atoms with E-state index in [-0.39, 0.29) is 5.25 Å². The minimum absolute atomic E-state index is 0.207. The molecular formula is C18H14BrClN4S. The van der Waals surface area contributed by atoms with E-state index >= 15 is 0 Å². The summed E-state index contributed by atoms with van der Waals surface area (Å²) < 4.78 is 2.92. The van der Waals surface area contributed by atoms with Crippen molar-refractivity contribution in [3.8, 4) is 0 Å². The van der Waals surface area contributed by atoms with Crippen molar-refractivity contribution >= 4 is 45.0 Å². The van der Waals surface area contributed by atoms with Gasteiger partial charge in [0.2, 0.25) is 5.16 Å². The molecule has 1 aromatic heterocycles. The van der Waals surface area contributed by atoms with Gasteiger partial charge in [0.25, 0.3) is 0 Å². The molecule has 0 spiro atoms. The Morgan fingerprint density at radius 2 is 1.80 bits per heavy atom. The third-order valence-electron chi connectivity index (χ3n) is 3.97. The van der Waals surface area contributed by atoms with Crippen LogP contribution in [-0.4, -0.2) is 25.8 Å². The van der Waals surface area contributed by atoms with Gasteiger partial charge in [-0.15, -0.1) is 10.2 Å². The van der Waals surface area contributed by atoms with Crippen molar-refractivity contribution in [2.24, 2.45) is 5.10 Å². The lowest BCUT2D eigenvalue weighted by atomic mass is 10.1. The highest BCUT2D eigenvalue weighted by Gasteiger charge is 2.25. The molecule has 2 heterocycles. The van der Waals surface area contributed by atoms with Crippen LogP contribution in [0.2, 0.25) is 5.02 Å². The maximum Gasteiger partial charge on any atom is 0.212 e. The summed E-state index contributed by atoms with van der Waals surface area (Å²) in [7, 11) is 0. The van der Waals surface area contributed by atoms with Gasteiger partial charge < -0.3 is 0 Å². The minimum atomic E-state index is 0.207. The molecule has 0 bridgehead atoms. The summed E-state index contributed by atoms with van der Waals surface area (Å²) in [4.78, 5) is 0. The van der Waals surface area contributed by atoms with E-state index in [9.17, 15) is 0 Å². The zero-order chi connectivity index (χ0) is 17.4. The van der Waals surface area contributed by atoms with Crippen LogP contribution in [0.4, 0.5) is 0 Å². The molecule has 0 N–H and O–H groups in total. The predicted octanol–water partition coefficient (Wildman–Crippen LogP) is 5.03. The molecule has 2 aromatic carbocycles. The van der Waals surface area contributed by atoms with Crippen molar-refractivity contribution < 1.29 is 0 Å². The highest BCUT2D eigenvalue weighted by molar-refractivity contribution is 9.10. The quantitative estimate of drug-likeness (QED) is 0.582. The maximum atomic E-state index is 6.00. The van der Waals surface area contributed by atoms with Gasteiger partial charge in [-0.3, -0.25) is 0 Å². The van der Waals surface area contributed by atoms with Gasteiger partial charge in [-0.2, -0.15) is 9.78 Å². The molecule has 3 aromatic rings. The van der Waals surface area contributed by atoms with Crippen LogP contribution in [0, 0.1) is 0 Å². The number of rotatable bonds is 3. The number of nitrogens with zero attached hydrogens (tertiary/aromatic N) is 4. The summed E-state index contributed by atoms with van der Waals surface area (Å²) in [6, 6.07) is 16.0. The molecule has 126 valence electrons. The SMILES string of the molecule is CC1Sc2nnc(Cc3ccc(Br)cc3)n2N=C1c1ccc(Cl)cc1. The van der Waals surface area contributed by atoms with Crippen LogP contribution in [0.1, 0.15) is 23.9 Å². The molecular weight excluding hydrogens is 420 g/mol. The predicted molar refractivity (Wildman–Crippen MR) is 106 cm³/mol. The lowest BCUT2D eigenvalue weighted by molar-refractivity contribution is 0.714. The van der Waals surface area contributed by atoms with Crippen LogP contribution in [-0.2, 0) is 6.42 Å². The van der Waals surface area contributed by atoms with E-state index in [1.165, 1.54) is 5.56 Å². The molecule has 0 fully saturated rings. The largest absolute Gasteiger partial charge is 0.212 e. The first-order chi connectivity index (χ1) is 12.1. The molecule has 1 unspecified atom stereocenters. The second-order valence-corrected chi connectivity index (χ2v) is 8.43. The van der Waals surface area contributed by atoms with Gasteiger partial charge in [-0.05, 0) is 42.3 Å². The Morgan fingerprint density at radius 1 is 1.08 bits per heavy atom. The molecule has 0 radical (unpaired) electrons. The third kappa shape index (κ3) is 3.52. The van der Waals surface area contributed by atoms with Crippen molar-refractivity contribution in [2.75, 3.05) is 0 Å². The lowest BCUT2D eigenvalue weighted by Crippen LogP contribution is -2.22. The van der Waals surface area contributed by atoms with Gasteiger partial charge >= 0.3 is 0 Å². The summed E-state index contributed by atoms with van der Waals surface area (Å²) in [6.45, 7) is 2.13. The Kier molecular flexibility index (Phi) is 4.67. The highest BCUT2D eigenvalue weighted by atomic mass is 79.9. The monoisotopic (exact) mass is 432 g/mol. The molecule has 25 heavy (non-hydrogen) atoms. The Hall–Kier alpha value is -1.63. The normalized spacial score (nSPS) is 16.4. The average molecular weight is 434 g/mol. The van der Waals surface area contributed by atoms with Crippen molar-refractivity contribution in [3.05, 3.63) is 75.0 Å². The van der Waals surface area contributed by atoms with Gasteiger partial charge in [0, 0.05) is 15.9 Å². The van der Waals surface area contributed by atoms with Crippen molar-refractivity contribution in [2.45, 2.75) is 23.8 Å². The van der Waals surface area contributed by atoms with Crippen LogP contribution in [0.15, 0.2) is 63.3 Å². The van der Waals surface area contributed by atoms with Gasteiger partial charge in [0.15, 0.2) is 5.82 Å². The fourth-order valence-electron chi connectivity index (χ4n) is 2.68. The number of benzene rings is 2. The second kappa shape index (κ2) is 6.94.